The number of hydrogen-bond acceptors (Lipinski definition) is 7. The molecular weight excluding hydrogens is 1710 g/mol. The second kappa shape index (κ2) is 87.5. The number of aromatic nitrogens is 1. The lowest BCUT2D eigenvalue weighted by Gasteiger charge is -2.21. The van der Waals surface area contributed by atoms with E-state index in [-0.39, 0.29) is 0 Å². The first kappa shape index (κ1) is 124. The smallest absolute Gasteiger partial charge is 0.136 e. The molecule has 6 atom stereocenters. The molecule has 0 amide bonds. The summed E-state index contributed by atoms with van der Waals surface area (Å²) in [7, 11) is 0. The molecule has 0 aliphatic carbocycles. The van der Waals surface area contributed by atoms with Crippen molar-refractivity contribution < 1.29 is 28.4 Å². The molecular formula is C133H213NO6. The Morgan fingerprint density at radius 1 is 0.179 bits per heavy atom. The SMILES string of the molecule is CCCCCCCCC(CCCCCC)COc1ccc(C#Cc2cc(OCC(CCCCCC)CCCCCCCC)c(C#Cc3ccc(C#Cc4cc(OCC(CCCCCC)CCCCCCCC)c(C#Cc5ccc(OCC(CCCCCC)CCCCCCCC)cc5)cc4OCC(CCCCCC)CCCCCCCC)nc3)cc2OCC(CCCCCC)CCCCCCCC)cc1. The van der Waals surface area contributed by atoms with Crippen LogP contribution in [0, 0.1) is 82.9 Å². The van der Waals surface area contributed by atoms with Gasteiger partial charge in [-0.2, -0.15) is 0 Å². The van der Waals surface area contributed by atoms with Gasteiger partial charge in [0.1, 0.15) is 40.2 Å². The van der Waals surface area contributed by atoms with Crippen LogP contribution in [-0.4, -0.2) is 44.6 Å². The van der Waals surface area contributed by atoms with Gasteiger partial charge in [0.05, 0.1) is 61.9 Å². The summed E-state index contributed by atoms with van der Waals surface area (Å²) in [6.07, 6.45) is 93.2. The molecule has 1 heterocycles. The number of ether oxygens (including phenoxy) is 6. The summed E-state index contributed by atoms with van der Waals surface area (Å²) in [5.41, 5.74) is 6.63. The van der Waals surface area contributed by atoms with Crippen LogP contribution in [0.2, 0.25) is 0 Å². The van der Waals surface area contributed by atoms with E-state index >= 15 is 0 Å². The highest BCUT2D eigenvalue weighted by atomic mass is 16.5. The lowest BCUT2D eigenvalue weighted by Crippen LogP contribution is -2.15. The monoisotopic (exact) mass is 1920 g/mol. The maximum Gasteiger partial charge on any atom is 0.136 e. The third-order valence-corrected chi connectivity index (χ3v) is 29.4. The van der Waals surface area contributed by atoms with E-state index in [1.165, 1.54) is 430 Å². The Morgan fingerprint density at radius 2 is 0.350 bits per heavy atom. The van der Waals surface area contributed by atoms with Crippen molar-refractivity contribution in [3.05, 3.63) is 136 Å². The molecule has 0 N–H and O–H groups in total. The minimum absolute atomic E-state index is 0.433. The molecule has 1 aromatic heterocycles. The highest BCUT2D eigenvalue weighted by Gasteiger charge is 2.22. The summed E-state index contributed by atoms with van der Waals surface area (Å²) in [5, 5.41) is 0. The Morgan fingerprint density at radius 3 is 0.550 bits per heavy atom. The topological polar surface area (TPSA) is 68.3 Å². The number of pyridine rings is 1. The number of unbranched alkanes of at least 4 members (excludes halogenated alkanes) is 48. The molecule has 0 saturated carbocycles. The molecule has 0 aliphatic heterocycles. The van der Waals surface area contributed by atoms with Crippen LogP contribution in [0.25, 0.3) is 0 Å². The fourth-order valence-electron chi connectivity index (χ4n) is 19.9. The molecule has 4 aromatic carbocycles. The highest BCUT2D eigenvalue weighted by molar-refractivity contribution is 5.62. The van der Waals surface area contributed by atoms with Crippen molar-refractivity contribution in [3.63, 3.8) is 0 Å². The molecule has 786 valence electrons. The van der Waals surface area contributed by atoms with E-state index < -0.39 is 0 Å². The van der Waals surface area contributed by atoms with Gasteiger partial charge < -0.3 is 28.4 Å². The molecule has 140 heavy (non-hydrogen) atoms. The fraction of sp³-hybridized carbons (Fsp3) is 0.722. The third-order valence-electron chi connectivity index (χ3n) is 29.4. The first-order valence-electron chi connectivity index (χ1n) is 60.4. The van der Waals surface area contributed by atoms with E-state index in [1.54, 1.807) is 0 Å². The molecule has 0 fully saturated rings. The van der Waals surface area contributed by atoms with E-state index in [0.29, 0.717) is 67.6 Å². The van der Waals surface area contributed by atoms with E-state index in [4.69, 9.17) is 33.4 Å². The van der Waals surface area contributed by atoms with Gasteiger partial charge in [-0.05, 0) is 179 Å². The predicted molar refractivity (Wildman–Crippen MR) is 608 cm³/mol. The predicted octanol–water partition coefficient (Wildman–Crippen LogP) is 41.0. The summed E-state index contributed by atoms with van der Waals surface area (Å²) in [4.78, 5) is 5.13. The summed E-state index contributed by atoms with van der Waals surface area (Å²) >= 11 is 0. The Balaban J connectivity index is 1.70. The van der Waals surface area contributed by atoms with Gasteiger partial charge in [0.2, 0.25) is 0 Å². The number of hydrogen-bond donors (Lipinski definition) is 0. The van der Waals surface area contributed by atoms with Gasteiger partial charge in [-0.1, -0.05) is 510 Å². The number of rotatable bonds is 90. The summed E-state index contributed by atoms with van der Waals surface area (Å²) in [6, 6.07) is 29.9. The van der Waals surface area contributed by atoms with Gasteiger partial charge in [-0.25, -0.2) is 4.98 Å². The first-order valence-corrected chi connectivity index (χ1v) is 60.4. The quantitative estimate of drug-likeness (QED) is 0.0284. The van der Waals surface area contributed by atoms with Crippen molar-refractivity contribution in [2.75, 3.05) is 39.6 Å². The molecule has 7 nitrogen and oxygen atoms in total. The molecule has 0 radical (unpaired) electrons. The van der Waals surface area contributed by atoms with E-state index in [1.807, 2.05) is 12.3 Å². The Hall–Kier alpha value is -6.93. The largest absolute Gasteiger partial charge is 0.493 e. The van der Waals surface area contributed by atoms with Crippen molar-refractivity contribution in [3.8, 4) is 81.9 Å². The van der Waals surface area contributed by atoms with Crippen LogP contribution in [0.5, 0.6) is 34.5 Å². The molecule has 0 aliphatic rings. The zero-order valence-corrected chi connectivity index (χ0v) is 93.2. The molecule has 5 rings (SSSR count). The van der Waals surface area contributed by atoms with Crippen molar-refractivity contribution in [2.45, 2.75) is 545 Å². The van der Waals surface area contributed by atoms with Crippen LogP contribution in [0.15, 0.2) is 91.1 Å². The molecule has 0 saturated heterocycles. The maximum atomic E-state index is 7.29. The van der Waals surface area contributed by atoms with Gasteiger partial charge in [0, 0.05) is 47.2 Å². The summed E-state index contributed by atoms with van der Waals surface area (Å²) < 4.78 is 42.5. The lowest BCUT2D eigenvalue weighted by molar-refractivity contribution is 0.218. The van der Waals surface area contributed by atoms with Gasteiger partial charge in [0.25, 0.3) is 0 Å². The van der Waals surface area contributed by atoms with Crippen molar-refractivity contribution in [1.82, 2.24) is 4.98 Å². The van der Waals surface area contributed by atoms with E-state index in [9.17, 15) is 0 Å². The normalized spacial score (nSPS) is 12.5. The van der Waals surface area contributed by atoms with Crippen LogP contribution in [0.3, 0.4) is 0 Å². The van der Waals surface area contributed by atoms with Crippen LogP contribution in [0.1, 0.15) is 590 Å². The van der Waals surface area contributed by atoms with Gasteiger partial charge >= 0.3 is 0 Å². The van der Waals surface area contributed by atoms with Gasteiger partial charge in [-0.3, -0.25) is 0 Å². The standard InChI is InChI=1S/C133H213NO6/c1-13-25-37-49-55-67-79-117(73-61-43-31-19-7)108-135-128-99-89-114(90-100-128)85-93-123-103-131(138-111-120(76-64-46-34-22-10)82-70-58-52-40-28-16-4)125(105-130(123)137-110-119(75-63-45-33-21-9)81-69-57-51-39-27-15-3)95-87-116-88-97-127(134-107-116)98-96-126-106-132(139-112-121(77-65-47-35-23-11)83-71-59-53-41-29-17-5)124(104-133(126)140-113-122(78-66-48-36-24-12)84-72-60-54-42-30-18-6)94-86-115-91-101-129(102-92-115)136-109-118(74-62-44-32-20-8)80-68-56-50-38-26-14-2/h88-92,97,99-107,117-122H,13-84,108-113H2,1-12H3. The minimum atomic E-state index is 0.433. The molecule has 5 aromatic rings. The zero-order chi connectivity index (χ0) is 99.9. The highest BCUT2D eigenvalue weighted by Crippen LogP contribution is 2.36. The Labute approximate surface area is 866 Å². The second-order valence-corrected chi connectivity index (χ2v) is 42.7. The molecule has 0 bridgehead atoms. The van der Waals surface area contributed by atoms with Crippen LogP contribution in [0.4, 0.5) is 0 Å². The van der Waals surface area contributed by atoms with E-state index in [2.05, 4.69) is 209 Å². The molecule has 7 heteroatoms. The van der Waals surface area contributed by atoms with Gasteiger partial charge in [0.15, 0.2) is 0 Å². The number of nitrogens with zero attached hydrogens (tertiary/aromatic N) is 1. The Bertz CT molecular complexity index is 3740. The summed E-state index contributed by atoms with van der Waals surface area (Å²) in [6.45, 7) is 31.9. The zero-order valence-electron chi connectivity index (χ0n) is 93.2. The maximum absolute atomic E-state index is 7.29. The molecule has 0 spiro atoms. The lowest BCUT2D eigenvalue weighted by atomic mass is 9.95. The average molecular weight is 1920 g/mol. The van der Waals surface area contributed by atoms with Crippen molar-refractivity contribution >= 4 is 0 Å². The van der Waals surface area contributed by atoms with Gasteiger partial charge in [-0.15, -0.1) is 0 Å². The second-order valence-electron chi connectivity index (χ2n) is 42.7. The fourth-order valence-corrected chi connectivity index (χ4v) is 19.9. The van der Waals surface area contributed by atoms with E-state index in [0.717, 1.165) is 119 Å². The summed E-state index contributed by atoms with van der Waals surface area (Å²) in [5.74, 6) is 37.1. The average Bonchev–Trinajstić information content (AvgIpc) is 0.820. The minimum Gasteiger partial charge on any atom is -0.493 e. The Kier molecular flexibility index (Phi) is 77.2. The molecule has 6 unspecified atom stereocenters. The number of benzene rings is 4. The van der Waals surface area contributed by atoms with Crippen molar-refractivity contribution in [2.24, 2.45) is 35.5 Å². The third kappa shape index (κ3) is 62.0. The first-order chi connectivity index (χ1) is 69.0. The van der Waals surface area contributed by atoms with Crippen LogP contribution in [-0.2, 0) is 0 Å². The van der Waals surface area contributed by atoms with Crippen LogP contribution >= 0.6 is 0 Å². The van der Waals surface area contributed by atoms with Crippen molar-refractivity contribution in [1.29, 1.82) is 0 Å². The van der Waals surface area contributed by atoms with Crippen LogP contribution < -0.4 is 28.4 Å².